The molecule has 0 aromatic heterocycles. The standard InChI is InChI=1S/C26H30N2O3/c29-24-17-21(18-25(30)19-24)20-28-13-11-27(12-14-28)15-16-31-26(22-7-3-1-4-8-22)23-9-5-2-6-10-23/h1-10,17-19,26,29-30H,11-16,20H2. The smallest absolute Gasteiger partial charge is 0.119 e. The van der Waals surface area contributed by atoms with E-state index in [1.165, 1.54) is 17.2 Å². The van der Waals surface area contributed by atoms with E-state index in [0.29, 0.717) is 6.61 Å². The van der Waals surface area contributed by atoms with Gasteiger partial charge in [0.05, 0.1) is 6.61 Å². The van der Waals surface area contributed by atoms with Gasteiger partial charge in [-0.2, -0.15) is 0 Å². The summed E-state index contributed by atoms with van der Waals surface area (Å²) < 4.78 is 6.35. The monoisotopic (exact) mass is 418 g/mol. The third kappa shape index (κ3) is 6.07. The van der Waals surface area contributed by atoms with Crippen LogP contribution in [0.25, 0.3) is 0 Å². The van der Waals surface area contributed by atoms with Crippen LogP contribution in [0.3, 0.4) is 0 Å². The highest BCUT2D eigenvalue weighted by atomic mass is 16.5. The van der Waals surface area contributed by atoms with E-state index in [1.54, 1.807) is 12.1 Å². The van der Waals surface area contributed by atoms with E-state index in [2.05, 4.69) is 58.3 Å². The first-order chi connectivity index (χ1) is 15.2. The number of nitrogens with zero attached hydrogens (tertiary/aromatic N) is 2. The predicted molar refractivity (Wildman–Crippen MR) is 122 cm³/mol. The Morgan fingerprint density at radius 2 is 1.23 bits per heavy atom. The lowest BCUT2D eigenvalue weighted by atomic mass is 10.0. The fourth-order valence-corrected chi connectivity index (χ4v) is 4.12. The molecule has 2 N–H and O–H groups in total. The molecule has 0 amide bonds. The number of aromatic hydroxyl groups is 2. The van der Waals surface area contributed by atoms with Crippen molar-refractivity contribution in [3.05, 3.63) is 95.6 Å². The molecule has 0 saturated carbocycles. The van der Waals surface area contributed by atoms with Gasteiger partial charge in [-0.25, -0.2) is 0 Å². The van der Waals surface area contributed by atoms with E-state index in [4.69, 9.17) is 4.74 Å². The molecule has 1 aliphatic heterocycles. The van der Waals surface area contributed by atoms with Crippen LogP contribution in [0.15, 0.2) is 78.9 Å². The molecule has 0 bridgehead atoms. The van der Waals surface area contributed by atoms with E-state index in [0.717, 1.165) is 44.8 Å². The molecule has 5 nitrogen and oxygen atoms in total. The molecule has 0 radical (unpaired) electrons. The summed E-state index contributed by atoms with van der Waals surface area (Å²) in [6.45, 7) is 6.18. The first-order valence-electron chi connectivity index (χ1n) is 10.9. The Balaban J connectivity index is 1.27. The number of piperazine rings is 1. The van der Waals surface area contributed by atoms with Gasteiger partial charge in [0.2, 0.25) is 0 Å². The SMILES string of the molecule is Oc1cc(O)cc(CN2CCN(CCOC(c3ccccc3)c3ccccc3)CC2)c1. The normalized spacial score (nSPS) is 15.4. The van der Waals surface area contributed by atoms with Crippen molar-refractivity contribution in [3.63, 3.8) is 0 Å². The largest absolute Gasteiger partial charge is 0.508 e. The molecule has 0 unspecified atom stereocenters. The van der Waals surface area contributed by atoms with Crippen LogP contribution in [0, 0.1) is 0 Å². The van der Waals surface area contributed by atoms with E-state index in [9.17, 15) is 10.2 Å². The zero-order chi connectivity index (χ0) is 21.5. The third-order valence-electron chi connectivity index (χ3n) is 5.73. The molecule has 0 aliphatic carbocycles. The molecule has 5 heteroatoms. The maximum atomic E-state index is 9.67. The Morgan fingerprint density at radius 3 is 1.77 bits per heavy atom. The number of rotatable bonds is 8. The zero-order valence-corrected chi connectivity index (χ0v) is 17.7. The van der Waals surface area contributed by atoms with Crippen LogP contribution < -0.4 is 0 Å². The Morgan fingerprint density at radius 1 is 0.710 bits per heavy atom. The Hall–Kier alpha value is -2.86. The van der Waals surface area contributed by atoms with Crippen LogP contribution in [0.1, 0.15) is 22.8 Å². The van der Waals surface area contributed by atoms with E-state index >= 15 is 0 Å². The number of ether oxygens (including phenoxy) is 1. The number of hydrogen-bond acceptors (Lipinski definition) is 5. The van der Waals surface area contributed by atoms with Gasteiger partial charge in [-0.05, 0) is 28.8 Å². The molecule has 4 rings (SSSR count). The molecule has 31 heavy (non-hydrogen) atoms. The molecule has 1 heterocycles. The molecule has 1 saturated heterocycles. The number of phenolic OH excluding ortho intramolecular Hbond substituents is 2. The van der Waals surface area contributed by atoms with E-state index in [-0.39, 0.29) is 17.6 Å². The highest BCUT2D eigenvalue weighted by molar-refractivity contribution is 5.36. The Kier molecular flexibility index (Phi) is 7.20. The first-order valence-corrected chi connectivity index (χ1v) is 10.9. The fraction of sp³-hybridized carbons (Fsp3) is 0.308. The lowest BCUT2D eigenvalue weighted by Crippen LogP contribution is -2.46. The highest BCUT2D eigenvalue weighted by Crippen LogP contribution is 2.26. The van der Waals surface area contributed by atoms with Crippen LogP contribution in [0.5, 0.6) is 11.5 Å². The minimum atomic E-state index is -0.0536. The Bertz CT molecular complexity index is 882. The summed E-state index contributed by atoms with van der Waals surface area (Å²) in [4.78, 5) is 4.78. The van der Waals surface area contributed by atoms with E-state index in [1.807, 2.05) is 12.1 Å². The number of hydrogen-bond donors (Lipinski definition) is 2. The average molecular weight is 419 g/mol. The maximum Gasteiger partial charge on any atom is 0.119 e. The molecule has 3 aromatic rings. The minimum absolute atomic E-state index is 0.0536. The fourth-order valence-electron chi connectivity index (χ4n) is 4.12. The second-order valence-electron chi connectivity index (χ2n) is 8.05. The predicted octanol–water partition coefficient (Wildman–Crippen LogP) is 4.02. The van der Waals surface area contributed by atoms with Crippen molar-refractivity contribution in [2.24, 2.45) is 0 Å². The zero-order valence-electron chi connectivity index (χ0n) is 17.7. The van der Waals surface area contributed by atoms with Gasteiger partial charge in [0.15, 0.2) is 0 Å². The number of benzene rings is 3. The van der Waals surface area contributed by atoms with Gasteiger partial charge in [0.1, 0.15) is 17.6 Å². The third-order valence-corrected chi connectivity index (χ3v) is 5.73. The average Bonchev–Trinajstić information content (AvgIpc) is 2.78. The van der Waals surface area contributed by atoms with Crippen LogP contribution in [0.4, 0.5) is 0 Å². The second-order valence-corrected chi connectivity index (χ2v) is 8.05. The van der Waals surface area contributed by atoms with Gasteiger partial charge >= 0.3 is 0 Å². The van der Waals surface area contributed by atoms with Crippen molar-refractivity contribution in [1.29, 1.82) is 0 Å². The lowest BCUT2D eigenvalue weighted by Gasteiger charge is -2.35. The van der Waals surface area contributed by atoms with Gasteiger partial charge in [-0.1, -0.05) is 60.7 Å². The molecule has 162 valence electrons. The summed E-state index contributed by atoms with van der Waals surface area (Å²) in [5, 5.41) is 19.3. The minimum Gasteiger partial charge on any atom is -0.508 e. The van der Waals surface area contributed by atoms with Crippen molar-refractivity contribution in [2.45, 2.75) is 12.6 Å². The highest BCUT2D eigenvalue weighted by Gasteiger charge is 2.19. The summed E-state index contributed by atoms with van der Waals surface area (Å²) in [6, 6.07) is 25.6. The van der Waals surface area contributed by atoms with Gasteiger partial charge < -0.3 is 14.9 Å². The summed E-state index contributed by atoms with van der Waals surface area (Å²) in [5.74, 6) is 0.217. The van der Waals surface area contributed by atoms with Gasteiger partial charge in [-0.15, -0.1) is 0 Å². The first kappa shape index (κ1) is 21.4. The van der Waals surface area contributed by atoms with Crippen molar-refractivity contribution in [2.75, 3.05) is 39.3 Å². The molecular weight excluding hydrogens is 388 g/mol. The molecule has 0 spiro atoms. The summed E-state index contributed by atoms with van der Waals surface area (Å²) in [6.07, 6.45) is -0.0536. The van der Waals surface area contributed by atoms with Gasteiger partial charge in [0.25, 0.3) is 0 Å². The van der Waals surface area contributed by atoms with Crippen LogP contribution in [0.2, 0.25) is 0 Å². The quantitative estimate of drug-likeness (QED) is 0.579. The Labute approximate surface area is 184 Å². The van der Waals surface area contributed by atoms with Crippen LogP contribution >= 0.6 is 0 Å². The molecule has 3 aromatic carbocycles. The number of phenols is 2. The molecule has 1 fully saturated rings. The van der Waals surface area contributed by atoms with Crippen LogP contribution in [-0.2, 0) is 11.3 Å². The van der Waals surface area contributed by atoms with Gasteiger partial charge in [-0.3, -0.25) is 9.80 Å². The topological polar surface area (TPSA) is 56.2 Å². The van der Waals surface area contributed by atoms with E-state index < -0.39 is 0 Å². The van der Waals surface area contributed by atoms with Crippen molar-refractivity contribution in [3.8, 4) is 11.5 Å². The molecule has 1 aliphatic rings. The maximum absolute atomic E-state index is 9.67. The second kappa shape index (κ2) is 10.4. The van der Waals surface area contributed by atoms with Crippen molar-refractivity contribution >= 4 is 0 Å². The van der Waals surface area contributed by atoms with Crippen molar-refractivity contribution in [1.82, 2.24) is 9.80 Å². The van der Waals surface area contributed by atoms with Crippen LogP contribution in [-0.4, -0.2) is 59.3 Å². The van der Waals surface area contributed by atoms with Crippen molar-refractivity contribution < 1.29 is 14.9 Å². The van der Waals surface area contributed by atoms with Gasteiger partial charge in [0, 0.05) is 45.3 Å². The molecular formula is C26H30N2O3. The summed E-state index contributed by atoms with van der Waals surface area (Å²) >= 11 is 0. The lowest BCUT2D eigenvalue weighted by molar-refractivity contribution is 0.0442. The summed E-state index contributed by atoms with van der Waals surface area (Å²) in [7, 11) is 0. The molecule has 0 atom stereocenters. The summed E-state index contributed by atoms with van der Waals surface area (Å²) in [5.41, 5.74) is 3.28.